The van der Waals surface area contributed by atoms with Crippen LogP contribution in [0.25, 0.3) is 0 Å². The molecule has 4 nitrogen and oxygen atoms in total. The van der Waals surface area contributed by atoms with E-state index in [0.29, 0.717) is 17.9 Å². The molecule has 0 heterocycles. The van der Waals surface area contributed by atoms with Crippen molar-refractivity contribution in [1.29, 1.82) is 5.26 Å². The molecule has 0 saturated carbocycles. The standard InChI is InChI=1S/C16H15FN2O2/c1-2-6-20-15-9-16(14(19)8-13(15)17)21-12-5-3-4-11(7-12)10-18/h3-5,7-9H,2,6,19H2,1H3. The van der Waals surface area contributed by atoms with Crippen LogP contribution in [0.4, 0.5) is 10.1 Å². The van der Waals surface area contributed by atoms with Gasteiger partial charge in [0.05, 0.1) is 23.9 Å². The summed E-state index contributed by atoms with van der Waals surface area (Å²) in [6.07, 6.45) is 0.768. The van der Waals surface area contributed by atoms with E-state index in [1.807, 2.05) is 13.0 Å². The first-order valence-corrected chi connectivity index (χ1v) is 6.54. The lowest BCUT2D eigenvalue weighted by Gasteiger charge is -2.12. The van der Waals surface area contributed by atoms with Crippen molar-refractivity contribution in [3.05, 3.63) is 47.8 Å². The van der Waals surface area contributed by atoms with Gasteiger partial charge in [0.15, 0.2) is 17.3 Å². The van der Waals surface area contributed by atoms with Gasteiger partial charge in [-0.25, -0.2) is 4.39 Å². The van der Waals surface area contributed by atoms with Crippen molar-refractivity contribution in [3.63, 3.8) is 0 Å². The van der Waals surface area contributed by atoms with Crippen LogP contribution in [0.2, 0.25) is 0 Å². The Hall–Kier alpha value is -2.74. The average molecular weight is 286 g/mol. The van der Waals surface area contributed by atoms with Crippen molar-refractivity contribution in [2.45, 2.75) is 13.3 Å². The predicted octanol–water partition coefficient (Wildman–Crippen LogP) is 3.86. The Morgan fingerprint density at radius 1 is 1.24 bits per heavy atom. The number of anilines is 1. The zero-order valence-electron chi connectivity index (χ0n) is 11.6. The molecule has 0 aliphatic carbocycles. The second-order valence-corrected chi connectivity index (χ2v) is 4.41. The lowest BCUT2D eigenvalue weighted by molar-refractivity contribution is 0.300. The van der Waals surface area contributed by atoms with Crippen LogP contribution in [0.3, 0.4) is 0 Å². The molecule has 108 valence electrons. The summed E-state index contributed by atoms with van der Waals surface area (Å²) in [5.41, 5.74) is 6.39. The highest BCUT2D eigenvalue weighted by molar-refractivity contribution is 5.57. The molecule has 0 atom stereocenters. The normalized spacial score (nSPS) is 9.95. The fraction of sp³-hybridized carbons (Fsp3) is 0.188. The molecule has 2 rings (SSSR count). The summed E-state index contributed by atoms with van der Waals surface area (Å²) in [5.74, 6) is 0.308. The maximum absolute atomic E-state index is 13.7. The molecule has 0 aliphatic heterocycles. The Morgan fingerprint density at radius 3 is 2.76 bits per heavy atom. The van der Waals surface area contributed by atoms with Crippen LogP contribution in [0.5, 0.6) is 17.2 Å². The van der Waals surface area contributed by atoms with Gasteiger partial charge in [0.2, 0.25) is 0 Å². The second kappa shape index (κ2) is 6.62. The number of hydrogen-bond donors (Lipinski definition) is 1. The van der Waals surface area contributed by atoms with Gasteiger partial charge in [0, 0.05) is 12.1 Å². The quantitative estimate of drug-likeness (QED) is 0.847. The summed E-state index contributed by atoms with van der Waals surface area (Å²) in [5, 5.41) is 8.86. The van der Waals surface area contributed by atoms with E-state index in [1.165, 1.54) is 6.07 Å². The van der Waals surface area contributed by atoms with Gasteiger partial charge >= 0.3 is 0 Å². The third-order valence-electron chi connectivity index (χ3n) is 2.72. The van der Waals surface area contributed by atoms with Gasteiger partial charge in [0.1, 0.15) is 5.75 Å². The van der Waals surface area contributed by atoms with Crippen molar-refractivity contribution < 1.29 is 13.9 Å². The summed E-state index contributed by atoms with van der Waals surface area (Å²) in [7, 11) is 0. The van der Waals surface area contributed by atoms with Gasteiger partial charge in [0.25, 0.3) is 0 Å². The SMILES string of the molecule is CCCOc1cc(Oc2cccc(C#N)c2)c(N)cc1F. The number of nitrogens with zero attached hydrogens (tertiary/aromatic N) is 1. The fourth-order valence-electron chi connectivity index (χ4n) is 1.72. The van der Waals surface area contributed by atoms with Gasteiger partial charge in [-0.3, -0.25) is 0 Å². The molecule has 21 heavy (non-hydrogen) atoms. The van der Waals surface area contributed by atoms with E-state index < -0.39 is 5.82 Å². The molecule has 0 aromatic heterocycles. The molecule has 2 N–H and O–H groups in total. The number of halogens is 1. The number of nitriles is 1. The molecule has 2 aromatic rings. The Bertz CT molecular complexity index is 680. The van der Waals surface area contributed by atoms with Crippen LogP contribution in [-0.4, -0.2) is 6.61 Å². The maximum Gasteiger partial charge on any atom is 0.167 e. The third kappa shape index (κ3) is 3.63. The zero-order valence-corrected chi connectivity index (χ0v) is 11.6. The maximum atomic E-state index is 13.7. The van der Waals surface area contributed by atoms with Crippen LogP contribution in [0, 0.1) is 17.1 Å². The summed E-state index contributed by atoms with van der Waals surface area (Å²) in [4.78, 5) is 0. The highest BCUT2D eigenvalue weighted by Crippen LogP contribution is 2.33. The average Bonchev–Trinajstić information content (AvgIpc) is 2.49. The van der Waals surface area contributed by atoms with Crippen LogP contribution >= 0.6 is 0 Å². The predicted molar refractivity (Wildman–Crippen MR) is 77.8 cm³/mol. The van der Waals surface area contributed by atoms with E-state index in [4.69, 9.17) is 20.5 Å². The molecule has 2 aromatic carbocycles. The van der Waals surface area contributed by atoms with Gasteiger partial charge in [-0.05, 0) is 24.6 Å². The van der Waals surface area contributed by atoms with Crippen molar-refractivity contribution in [2.24, 2.45) is 0 Å². The highest BCUT2D eigenvalue weighted by atomic mass is 19.1. The smallest absolute Gasteiger partial charge is 0.167 e. The molecule has 0 amide bonds. The third-order valence-corrected chi connectivity index (χ3v) is 2.72. The Morgan fingerprint density at radius 2 is 2.05 bits per heavy atom. The number of nitrogen functional groups attached to an aromatic ring is 1. The van der Waals surface area contributed by atoms with E-state index in [9.17, 15) is 4.39 Å². The molecule has 5 heteroatoms. The van der Waals surface area contributed by atoms with E-state index in [2.05, 4.69) is 0 Å². The highest BCUT2D eigenvalue weighted by Gasteiger charge is 2.11. The van der Waals surface area contributed by atoms with E-state index in [1.54, 1.807) is 24.3 Å². The largest absolute Gasteiger partial charge is 0.490 e. The van der Waals surface area contributed by atoms with Crippen molar-refractivity contribution in [1.82, 2.24) is 0 Å². The van der Waals surface area contributed by atoms with Gasteiger partial charge in [-0.2, -0.15) is 5.26 Å². The molecule has 0 bridgehead atoms. The summed E-state index contributed by atoms with van der Waals surface area (Å²) in [6.45, 7) is 2.34. The molecule has 0 saturated heterocycles. The number of nitrogens with two attached hydrogens (primary N) is 1. The minimum absolute atomic E-state index is 0.0949. The van der Waals surface area contributed by atoms with Gasteiger partial charge < -0.3 is 15.2 Å². The zero-order chi connectivity index (χ0) is 15.2. The number of rotatable bonds is 5. The number of hydrogen-bond acceptors (Lipinski definition) is 4. The lowest BCUT2D eigenvalue weighted by Crippen LogP contribution is -2.00. The van der Waals surface area contributed by atoms with Crippen molar-refractivity contribution in [2.75, 3.05) is 12.3 Å². The molecule has 0 fully saturated rings. The Kier molecular flexibility index (Phi) is 4.62. The summed E-state index contributed by atoms with van der Waals surface area (Å²) >= 11 is 0. The Balaban J connectivity index is 2.28. The van der Waals surface area contributed by atoms with Gasteiger partial charge in [-0.15, -0.1) is 0 Å². The number of benzene rings is 2. The molecule has 0 aliphatic rings. The minimum atomic E-state index is -0.529. The van der Waals surface area contributed by atoms with Crippen LogP contribution in [0.1, 0.15) is 18.9 Å². The van der Waals surface area contributed by atoms with E-state index >= 15 is 0 Å². The second-order valence-electron chi connectivity index (χ2n) is 4.41. The van der Waals surface area contributed by atoms with Gasteiger partial charge in [-0.1, -0.05) is 13.0 Å². The topological polar surface area (TPSA) is 68.3 Å². The van der Waals surface area contributed by atoms with E-state index in [-0.39, 0.29) is 17.2 Å². The minimum Gasteiger partial charge on any atom is -0.490 e. The molecule has 0 unspecified atom stereocenters. The monoisotopic (exact) mass is 286 g/mol. The Labute approximate surface area is 122 Å². The van der Waals surface area contributed by atoms with E-state index in [0.717, 1.165) is 12.5 Å². The fourth-order valence-corrected chi connectivity index (χ4v) is 1.72. The summed E-state index contributed by atoms with van der Waals surface area (Å²) in [6, 6.07) is 11.2. The number of ether oxygens (including phenoxy) is 2. The van der Waals surface area contributed by atoms with Crippen LogP contribution < -0.4 is 15.2 Å². The molecular formula is C16H15FN2O2. The van der Waals surface area contributed by atoms with Crippen molar-refractivity contribution in [3.8, 4) is 23.3 Å². The molecular weight excluding hydrogens is 271 g/mol. The summed E-state index contributed by atoms with van der Waals surface area (Å²) < 4.78 is 24.6. The molecule has 0 spiro atoms. The lowest BCUT2D eigenvalue weighted by atomic mass is 10.2. The van der Waals surface area contributed by atoms with Crippen molar-refractivity contribution >= 4 is 5.69 Å². The molecule has 0 radical (unpaired) electrons. The first-order valence-electron chi connectivity index (χ1n) is 6.54. The van der Waals surface area contributed by atoms with Crippen LogP contribution in [-0.2, 0) is 0 Å². The van der Waals surface area contributed by atoms with Crippen LogP contribution in [0.15, 0.2) is 36.4 Å². The first-order chi connectivity index (χ1) is 10.1. The first kappa shape index (κ1) is 14.7.